The van der Waals surface area contributed by atoms with E-state index in [-0.39, 0.29) is 0 Å². The van der Waals surface area contributed by atoms with Crippen molar-refractivity contribution < 1.29 is 0 Å². The van der Waals surface area contributed by atoms with Crippen LogP contribution in [0.4, 0.5) is 0 Å². The Hall–Kier alpha value is -0.610. The zero-order valence-electron chi connectivity index (χ0n) is 23.2. The van der Waals surface area contributed by atoms with Gasteiger partial charge in [0.25, 0.3) is 0 Å². The van der Waals surface area contributed by atoms with Gasteiger partial charge in [-0.05, 0) is 103 Å². The molecule has 0 unspecified atom stereocenters. The molecule has 0 saturated heterocycles. The molecule has 33 heavy (non-hydrogen) atoms. The van der Waals surface area contributed by atoms with Crippen LogP contribution in [0.25, 0.3) is 0 Å². The van der Waals surface area contributed by atoms with E-state index in [0.717, 1.165) is 0 Å². The summed E-state index contributed by atoms with van der Waals surface area (Å²) in [7, 11) is -0.815. The molecule has 0 aliphatic carbocycles. The third-order valence-corrected chi connectivity index (χ3v) is 11.7. The molecule has 0 N–H and O–H groups in total. The Bertz CT molecular complexity index is 403. The van der Waals surface area contributed by atoms with E-state index in [1.54, 1.807) is 24.6 Å². The average Bonchev–Trinajstić information content (AvgIpc) is 2.83. The fourth-order valence-corrected chi connectivity index (χ4v) is 9.57. The highest BCUT2D eigenvalue weighted by Crippen LogP contribution is 2.61. The summed E-state index contributed by atoms with van der Waals surface area (Å²) < 4.78 is 0. The van der Waals surface area contributed by atoms with Gasteiger partial charge in [-0.2, -0.15) is 0 Å². The maximum Gasteiger partial charge on any atom is 0.0594 e. The van der Waals surface area contributed by atoms with Crippen LogP contribution in [-0.4, -0.2) is 24.6 Å². The molecule has 0 bridgehead atoms. The molecular formula is C32H60P+. The summed E-state index contributed by atoms with van der Waals surface area (Å²) in [4.78, 5) is 0. The maximum absolute atomic E-state index is 2.42. The molecule has 0 aromatic heterocycles. The van der Waals surface area contributed by atoms with Crippen LogP contribution in [0.2, 0.25) is 0 Å². The molecule has 0 fully saturated rings. The van der Waals surface area contributed by atoms with Gasteiger partial charge >= 0.3 is 0 Å². The lowest BCUT2D eigenvalue weighted by Gasteiger charge is -2.28. The van der Waals surface area contributed by atoms with E-state index in [4.69, 9.17) is 0 Å². The SMILES string of the molecule is CCC=CCCCC[P+](CCCCC=CCC)(CCCCC=CCC)CCCCC=CCC. The first-order valence-corrected chi connectivity index (χ1v) is 17.2. The lowest BCUT2D eigenvalue weighted by Crippen LogP contribution is -2.13. The lowest BCUT2D eigenvalue weighted by molar-refractivity contribution is 0.760. The normalized spacial score (nSPS) is 14.4. The average molecular weight is 476 g/mol. The summed E-state index contributed by atoms with van der Waals surface area (Å²) in [5.74, 6) is 0. The van der Waals surface area contributed by atoms with Crippen molar-refractivity contribution in [2.75, 3.05) is 24.6 Å². The maximum atomic E-state index is 2.42. The summed E-state index contributed by atoms with van der Waals surface area (Å²) in [6.07, 6.45) is 46.6. The van der Waals surface area contributed by atoms with Crippen molar-refractivity contribution in [2.45, 2.75) is 130 Å². The predicted octanol–water partition coefficient (Wildman–Crippen LogP) is 11.5. The van der Waals surface area contributed by atoms with Gasteiger partial charge in [0.15, 0.2) is 0 Å². The summed E-state index contributed by atoms with van der Waals surface area (Å²) in [6.45, 7) is 8.98. The zero-order chi connectivity index (χ0) is 24.3. The Labute approximate surface area is 210 Å². The van der Waals surface area contributed by atoms with Crippen molar-refractivity contribution >= 4 is 7.26 Å². The number of hydrogen-bond acceptors (Lipinski definition) is 0. The number of hydrogen-bond donors (Lipinski definition) is 0. The van der Waals surface area contributed by atoms with E-state index >= 15 is 0 Å². The Morgan fingerprint density at radius 1 is 0.333 bits per heavy atom. The highest BCUT2D eigenvalue weighted by atomic mass is 31.2. The van der Waals surface area contributed by atoms with Crippen molar-refractivity contribution in [2.24, 2.45) is 0 Å². The molecule has 0 radical (unpaired) electrons. The summed E-state index contributed by atoms with van der Waals surface area (Å²) in [6, 6.07) is 0. The molecule has 192 valence electrons. The Morgan fingerprint density at radius 2 is 0.576 bits per heavy atom. The fraction of sp³-hybridized carbons (Fsp3) is 0.750. The van der Waals surface area contributed by atoms with Gasteiger partial charge < -0.3 is 0 Å². The molecule has 0 spiro atoms. The van der Waals surface area contributed by atoms with Crippen molar-refractivity contribution in [3.63, 3.8) is 0 Å². The van der Waals surface area contributed by atoms with Crippen LogP contribution >= 0.6 is 7.26 Å². The summed E-state index contributed by atoms with van der Waals surface area (Å²) in [5.41, 5.74) is 0. The van der Waals surface area contributed by atoms with Crippen molar-refractivity contribution in [1.29, 1.82) is 0 Å². The van der Waals surface area contributed by atoms with Gasteiger partial charge in [-0.1, -0.05) is 76.3 Å². The van der Waals surface area contributed by atoms with E-state index in [2.05, 4.69) is 76.3 Å². The van der Waals surface area contributed by atoms with Crippen LogP contribution < -0.4 is 0 Å². The minimum atomic E-state index is -0.815. The van der Waals surface area contributed by atoms with E-state index in [1.807, 2.05) is 0 Å². The van der Waals surface area contributed by atoms with Gasteiger partial charge in [-0.3, -0.25) is 0 Å². The Morgan fingerprint density at radius 3 is 0.788 bits per heavy atom. The highest BCUT2D eigenvalue weighted by Gasteiger charge is 2.34. The van der Waals surface area contributed by atoms with Gasteiger partial charge in [0.1, 0.15) is 0 Å². The quantitative estimate of drug-likeness (QED) is 0.0739. The van der Waals surface area contributed by atoms with Crippen LogP contribution in [0.15, 0.2) is 48.6 Å². The van der Waals surface area contributed by atoms with Gasteiger partial charge in [0.2, 0.25) is 0 Å². The first-order chi connectivity index (χ1) is 16.2. The molecule has 0 aromatic carbocycles. The second-order valence-corrected chi connectivity index (χ2v) is 14.2. The van der Waals surface area contributed by atoms with E-state index < -0.39 is 7.26 Å². The second kappa shape index (κ2) is 26.0. The zero-order valence-corrected chi connectivity index (χ0v) is 24.1. The van der Waals surface area contributed by atoms with Crippen LogP contribution in [0.5, 0.6) is 0 Å². The molecule has 0 aliphatic rings. The number of unbranched alkanes of at least 4 members (excludes halogenated alkanes) is 8. The molecule has 0 saturated carbocycles. The monoisotopic (exact) mass is 475 g/mol. The topological polar surface area (TPSA) is 0 Å². The largest absolute Gasteiger partial charge is 0.0888 e. The predicted molar refractivity (Wildman–Crippen MR) is 160 cm³/mol. The van der Waals surface area contributed by atoms with Crippen LogP contribution in [0.1, 0.15) is 130 Å². The second-order valence-electron chi connectivity index (χ2n) is 9.74. The molecule has 0 heterocycles. The van der Waals surface area contributed by atoms with Crippen molar-refractivity contribution in [3.8, 4) is 0 Å². The van der Waals surface area contributed by atoms with E-state index in [0.29, 0.717) is 0 Å². The molecule has 1 heteroatoms. The van der Waals surface area contributed by atoms with Gasteiger partial charge in [-0.25, -0.2) is 0 Å². The summed E-state index contributed by atoms with van der Waals surface area (Å²) >= 11 is 0. The van der Waals surface area contributed by atoms with Gasteiger partial charge in [-0.15, -0.1) is 0 Å². The fourth-order valence-electron chi connectivity index (χ4n) is 4.65. The highest BCUT2D eigenvalue weighted by molar-refractivity contribution is 7.75. The minimum Gasteiger partial charge on any atom is -0.0888 e. The smallest absolute Gasteiger partial charge is 0.0594 e. The molecule has 0 atom stereocenters. The third-order valence-electron chi connectivity index (χ3n) is 6.62. The molecular weight excluding hydrogens is 415 g/mol. The Balaban J connectivity index is 4.94. The molecule has 0 amide bonds. The minimum absolute atomic E-state index is 0.815. The first kappa shape index (κ1) is 32.4. The van der Waals surface area contributed by atoms with Crippen molar-refractivity contribution in [3.05, 3.63) is 48.6 Å². The van der Waals surface area contributed by atoms with E-state index in [1.165, 1.54) is 103 Å². The van der Waals surface area contributed by atoms with Crippen molar-refractivity contribution in [1.82, 2.24) is 0 Å². The van der Waals surface area contributed by atoms with Crippen LogP contribution in [-0.2, 0) is 0 Å². The number of allylic oxidation sites excluding steroid dienone is 8. The van der Waals surface area contributed by atoms with Gasteiger partial charge in [0.05, 0.1) is 24.6 Å². The van der Waals surface area contributed by atoms with Gasteiger partial charge in [0, 0.05) is 7.26 Å². The lowest BCUT2D eigenvalue weighted by atomic mass is 10.2. The molecule has 0 rings (SSSR count). The third kappa shape index (κ3) is 21.6. The van der Waals surface area contributed by atoms with Crippen LogP contribution in [0, 0.1) is 0 Å². The Kier molecular flexibility index (Phi) is 25.5. The van der Waals surface area contributed by atoms with E-state index in [9.17, 15) is 0 Å². The number of rotatable bonds is 24. The molecule has 0 aliphatic heterocycles. The van der Waals surface area contributed by atoms with Crippen LogP contribution in [0.3, 0.4) is 0 Å². The standard InChI is InChI=1S/C32H60P/c1-5-9-13-17-21-25-29-33(30-26-22-18-14-10-6-2,31-27-23-19-15-11-7-3)32-28-24-20-16-12-8-4/h9-16H,5-8,17-32H2,1-4H3/q+1. The molecule has 0 aromatic rings. The molecule has 0 nitrogen and oxygen atoms in total. The summed E-state index contributed by atoms with van der Waals surface area (Å²) in [5, 5.41) is 0. The first-order valence-electron chi connectivity index (χ1n) is 14.7.